The second kappa shape index (κ2) is 8.68. The second-order valence-electron chi connectivity index (χ2n) is 4.61. The van der Waals surface area contributed by atoms with Gasteiger partial charge in [0, 0.05) is 29.8 Å². The lowest BCUT2D eigenvalue weighted by Crippen LogP contribution is -2.40. The number of aliphatic imine (C=N–C) groups is 1. The fourth-order valence-electron chi connectivity index (χ4n) is 1.63. The molecule has 0 radical (unpaired) electrons. The molecule has 0 spiro atoms. The zero-order chi connectivity index (χ0) is 12.8. The molecule has 1 saturated carbocycles. The molecule has 0 aliphatic heterocycles. The maximum Gasteiger partial charge on any atom is 0.191 e. The molecule has 19 heavy (non-hydrogen) atoms. The maximum atomic E-state index is 4.23. The van der Waals surface area contributed by atoms with E-state index in [0.29, 0.717) is 11.3 Å². The van der Waals surface area contributed by atoms with E-state index >= 15 is 0 Å². The monoisotopic (exact) mass is 391 g/mol. The summed E-state index contributed by atoms with van der Waals surface area (Å²) in [5.41, 5.74) is 0. The van der Waals surface area contributed by atoms with Crippen molar-refractivity contribution in [2.75, 3.05) is 13.6 Å². The quantitative estimate of drug-likeness (QED) is 0.351. The molecule has 1 aliphatic carbocycles. The number of rotatable bonds is 5. The molecule has 1 unspecified atom stereocenters. The van der Waals surface area contributed by atoms with Gasteiger partial charge in [0.2, 0.25) is 0 Å². The molecule has 0 bridgehead atoms. The number of hydrogen-bond donors (Lipinski definition) is 2. The van der Waals surface area contributed by atoms with Gasteiger partial charge in [-0.25, -0.2) is 0 Å². The Morgan fingerprint density at radius 3 is 2.63 bits per heavy atom. The zero-order valence-electron chi connectivity index (χ0n) is 11.4. The summed E-state index contributed by atoms with van der Waals surface area (Å²) in [5, 5.41) is 7.29. The molecule has 106 valence electrons. The van der Waals surface area contributed by atoms with Crippen LogP contribution in [0.4, 0.5) is 0 Å². The minimum Gasteiger partial charge on any atom is -0.355 e. The first-order valence-electron chi connectivity index (χ1n) is 6.47. The van der Waals surface area contributed by atoms with E-state index in [0.717, 1.165) is 12.5 Å². The van der Waals surface area contributed by atoms with E-state index in [1.807, 2.05) is 24.9 Å². The highest BCUT2D eigenvalue weighted by molar-refractivity contribution is 14.0. The molecule has 3 nitrogen and oxygen atoms in total. The number of hydrogen-bond acceptors (Lipinski definition) is 2. The molecule has 1 aromatic rings. The van der Waals surface area contributed by atoms with Crippen LogP contribution < -0.4 is 10.6 Å². The molecule has 1 aromatic carbocycles. The summed E-state index contributed by atoms with van der Waals surface area (Å²) in [5.74, 6) is 0.929. The van der Waals surface area contributed by atoms with Crippen LogP contribution in [0.15, 0.2) is 40.2 Å². The van der Waals surface area contributed by atoms with Crippen molar-refractivity contribution in [3.05, 3.63) is 30.3 Å². The Bertz CT molecular complexity index is 393. The number of guanidine groups is 1. The Kier molecular flexibility index (Phi) is 7.60. The van der Waals surface area contributed by atoms with E-state index in [1.54, 1.807) is 0 Å². The van der Waals surface area contributed by atoms with Crippen LogP contribution >= 0.6 is 35.7 Å². The highest BCUT2D eigenvalue weighted by atomic mass is 127. The van der Waals surface area contributed by atoms with Gasteiger partial charge in [0.1, 0.15) is 0 Å². The van der Waals surface area contributed by atoms with Crippen molar-refractivity contribution in [2.24, 2.45) is 4.99 Å². The topological polar surface area (TPSA) is 36.4 Å². The number of nitrogens with one attached hydrogen (secondary N) is 2. The van der Waals surface area contributed by atoms with Crippen LogP contribution in [0.1, 0.15) is 19.8 Å². The lowest BCUT2D eigenvalue weighted by Gasteiger charge is -2.15. The van der Waals surface area contributed by atoms with Gasteiger partial charge in [-0.2, -0.15) is 0 Å². The van der Waals surface area contributed by atoms with E-state index in [1.165, 1.54) is 17.7 Å². The van der Waals surface area contributed by atoms with Crippen molar-refractivity contribution in [3.8, 4) is 0 Å². The average Bonchev–Trinajstić information content (AvgIpc) is 3.19. The van der Waals surface area contributed by atoms with E-state index in [2.05, 4.69) is 46.8 Å². The van der Waals surface area contributed by atoms with Crippen LogP contribution in [0.2, 0.25) is 0 Å². The summed E-state index contributed by atoms with van der Waals surface area (Å²) in [7, 11) is 1.83. The van der Waals surface area contributed by atoms with E-state index in [9.17, 15) is 0 Å². The van der Waals surface area contributed by atoms with Crippen molar-refractivity contribution in [3.63, 3.8) is 0 Å². The van der Waals surface area contributed by atoms with Gasteiger partial charge in [-0.3, -0.25) is 4.99 Å². The highest BCUT2D eigenvalue weighted by Crippen LogP contribution is 2.22. The van der Waals surface area contributed by atoms with Gasteiger partial charge in [-0.05, 0) is 25.0 Å². The van der Waals surface area contributed by atoms with Gasteiger partial charge >= 0.3 is 0 Å². The first-order valence-corrected chi connectivity index (χ1v) is 7.35. The zero-order valence-corrected chi connectivity index (χ0v) is 14.6. The van der Waals surface area contributed by atoms with Gasteiger partial charge in [0.15, 0.2) is 5.96 Å². The molecule has 0 saturated heterocycles. The van der Waals surface area contributed by atoms with E-state index < -0.39 is 0 Å². The molecule has 1 atom stereocenters. The molecule has 2 rings (SSSR count). The molecule has 1 aliphatic rings. The smallest absolute Gasteiger partial charge is 0.191 e. The number of nitrogens with zero attached hydrogens (tertiary/aromatic N) is 1. The summed E-state index contributed by atoms with van der Waals surface area (Å²) in [6.45, 7) is 3.15. The van der Waals surface area contributed by atoms with Gasteiger partial charge in [0.05, 0.1) is 0 Å². The second-order valence-corrected chi connectivity index (χ2v) is 6.13. The number of benzene rings is 1. The fraction of sp³-hybridized carbons (Fsp3) is 0.500. The largest absolute Gasteiger partial charge is 0.355 e. The predicted octanol–water partition coefficient (Wildman–Crippen LogP) is 3.11. The predicted molar refractivity (Wildman–Crippen MR) is 94.7 cm³/mol. The third-order valence-electron chi connectivity index (χ3n) is 2.78. The summed E-state index contributed by atoms with van der Waals surface area (Å²) in [6, 6.07) is 11.2. The lowest BCUT2D eigenvalue weighted by atomic mass is 10.4. The van der Waals surface area contributed by atoms with Gasteiger partial charge < -0.3 is 10.6 Å². The van der Waals surface area contributed by atoms with Crippen LogP contribution in [0, 0.1) is 0 Å². The number of thioether (sulfide) groups is 1. The normalized spacial score (nSPS) is 16.4. The Morgan fingerprint density at radius 1 is 1.37 bits per heavy atom. The van der Waals surface area contributed by atoms with Crippen LogP contribution in [-0.2, 0) is 0 Å². The summed E-state index contributed by atoms with van der Waals surface area (Å²) in [4.78, 5) is 5.55. The third-order valence-corrected chi connectivity index (χ3v) is 3.89. The van der Waals surface area contributed by atoms with E-state index in [-0.39, 0.29) is 24.0 Å². The summed E-state index contributed by atoms with van der Waals surface area (Å²) >= 11 is 1.89. The first kappa shape index (κ1) is 16.6. The van der Waals surface area contributed by atoms with Gasteiger partial charge in [-0.15, -0.1) is 35.7 Å². The molecular formula is C14H22IN3S. The van der Waals surface area contributed by atoms with Crippen molar-refractivity contribution in [2.45, 2.75) is 36.0 Å². The SMILES string of the molecule is CN=C(NCC(C)Sc1ccccc1)NC1CC1.I. The lowest BCUT2D eigenvalue weighted by molar-refractivity contribution is 0.787. The van der Waals surface area contributed by atoms with Crippen LogP contribution in [-0.4, -0.2) is 30.8 Å². The van der Waals surface area contributed by atoms with Crippen LogP contribution in [0.5, 0.6) is 0 Å². The van der Waals surface area contributed by atoms with Crippen LogP contribution in [0.3, 0.4) is 0 Å². The molecule has 0 heterocycles. The fourth-order valence-corrected chi connectivity index (χ4v) is 2.57. The maximum absolute atomic E-state index is 4.23. The Morgan fingerprint density at radius 2 is 2.05 bits per heavy atom. The Balaban J connectivity index is 0.00000180. The minimum atomic E-state index is 0. The van der Waals surface area contributed by atoms with Crippen LogP contribution in [0.25, 0.3) is 0 Å². The standard InChI is InChI=1S/C14H21N3S.HI/c1-11(18-13-6-4-3-5-7-13)10-16-14(15-2)17-12-8-9-12;/h3-7,11-12H,8-10H2,1-2H3,(H2,15,16,17);1H. The molecule has 2 N–H and O–H groups in total. The number of halogens is 1. The first-order chi connectivity index (χ1) is 8.78. The molecular weight excluding hydrogens is 369 g/mol. The van der Waals surface area contributed by atoms with Gasteiger partial charge in [0.25, 0.3) is 0 Å². The molecule has 0 amide bonds. The Labute approximate surface area is 137 Å². The minimum absolute atomic E-state index is 0. The third kappa shape index (κ3) is 6.51. The molecule has 5 heteroatoms. The van der Waals surface area contributed by atoms with Crippen molar-refractivity contribution in [1.82, 2.24) is 10.6 Å². The van der Waals surface area contributed by atoms with Gasteiger partial charge in [-0.1, -0.05) is 25.1 Å². The average molecular weight is 391 g/mol. The molecule has 1 fully saturated rings. The molecule has 0 aromatic heterocycles. The summed E-state index contributed by atoms with van der Waals surface area (Å²) in [6.07, 6.45) is 2.55. The van der Waals surface area contributed by atoms with Crippen molar-refractivity contribution >= 4 is 41.7 Å². The van der Waals surface area contributed by atoms with E-state index in [4.69, 9.17) is 0 Å². The summed E-state index contributed by atoms with van der Waals surface area (Å²) < 4.78 is 0. The van der Waals surface area contributed by atoms with Crippen molar-refractivity contribution < 1.29 is 0 Å². The van der Waals surface area contributed by atoms with Crippen molar-refractivity contribution in [1.29, 1.82) is 0 Å². The Hall–Kier alpha value is -0.430. The highest BCUT2D eigenvalue weighted by Gasteiger charge is 2.22.